The number of aliphatic carboxylic acids is 1. The third-order valence-electron chi connectivity index (χ3n) is 3.19. The zero-order valence-corrected chi connectivity index (χ0v) is 9.78. The highest BCUT2D eigenvalue weighted by Gasteiger charge is 2.37. The molecular formula is C11H19NO4. The molecule has 5 heteroatoms. The molecule has 0 heterocycles. The van der Waals surface area contributed by atoms with Gasteiger partial charge in [-0.1, -0.05) is 26.7 Å². The molecule has 1 aliphatic carbocycles. The number of carboxylic acid groups (broad SMARTS) is 1. The number of hydrogen-bond donors (Lipinski definition) is 2. The lowest BCUT2D eigenvalue weighted by atomic mass is 9.68. The highest BCUT2D eigenvalue weighted by atomic mass is 16.7. The Balaban J connectivity index is 2.42. The maximum absolute atomic E-state index is 11.8. The second-order valence-electron chi connectivity index (χ2n) is 4.94. The Hall–Kier alpha value is -1.10. The largest absolute Gasteiger partial charge is 0.479 e. The van der Waals surface area contributed by atoms with Crippen LogP contribution < -0.4 is 5.48 Å². The Morgan fingerprint density at radius 1 is 1.44 bits per heavy atom. The highest BCUT2D eigenvalue weighted by molar-refractivity contribution is 5.78. The summed E-state index contributed by atoms with van der Waals surface area (Å²) in [5.41, 5.74) is 2.19. The standard InChI is InChI=1S/C11H19NO4/c1-11(2)6-4-3-5-8(11)10(15)12-16-7-9(13)14/h8H,3-7H2,1-2H3,(H,12,15)(H,13,14). The van der Waals surface area contributed by atoms with Gasteiger partial charge >= 0.3 is 5.97 Å². The molecule has 0 aromatic heterocycles. The molecule has 1 fully saturated rings. The van der Waals surface area contributed by atoms with Crippen molar-refractivity contribution >= 4 is 11.9 Å². The minimum Gasteiger partial charge on any atom is -0.479 e. The molecule has 1 aliphatic rings. The zero-order chi connectivity index (χ0) is 12.2. The second-order valence-corrected chi connectivity index (χ2v) is 4.94. The van der Waals surface area contributed by atoms with Crippen molar-refractivity contribution in [1.82, 2.24) is 5.48 Å². The van der Waals surface area contributed by atoms with Crippen molar-refractivity contribution in [3.8, 4) is 0 Å². The van der Waals surface area contributed by atoms with Gasteiger partial charge in [0.25, 0.3) is 0 Å². The van der Waals surface area contributed by atoms with Gasteiger partial charge in [0.2, 0.25) is 5.91 Å². The summed E-state index contributed by atoms with van der Waals surface area (Å²) in [6, 6.07) is 0. The van der Waals surface area contributed by atoms with Gasteiger partial charge in [-0.25, -0.2) is 10.3 Å². The van der Waals surface area contributed by atoms with Crippen LogP contribution in [0, 0.1) is 11.3 Å². The highest BCUT2D eigenvalue weighted by Crippen LogP contribution is 2.40. The van der Waals surface area contributed by atoms with Crippen LogP contribution in [0.15, 0.2) is 0 Å². The molecule has 0 aromatic rings. The maximum atomic E-state index is 11.8. The molecule has 1 unspecified atom stereocenters. The van der Waals surface area contributed by atoms with Gasteiger partial charge in [-0.2, -0.15) is 0 Å². The van der Waals surface area contributed by atoms with Gasteiger partial charge in [-0.05, 0) is 18.3 Å². The lowest BCUT2D eigenvalue weighted by Crippen LogP contribution is -2.41. The molecule has 0 aliphatic heterocycles. The van der Waals surface area contributed by atoms with E-state index in [1.807, 2.05) is 0 Å². The van der Waals surface area contributed by atoms with Gasteiger partial charge in [-0.3, -0.25) is 9.63 Å². The summed E-state index contributed by atoms with van der Waals surface area (Å²) in [4.78, 5) is 26.6. The topological polar surface area (TPSA) is 75.6 Å². The molecule has 0 radical (unpaired) electrons. The summed E-state index contributed by atoms with van der Waals surface area (Å²) in [5, 5.41) is 8.36. The fourth-order valence-corrected chi connectivity index (χ4v) is 2.22. The van der Waals surface area contributed by atoms with Gasteiger partial charge in [0.05, 0.1) is 0 Å². The average Bonchev–Trinajstić information content (AvgIpc) is 2.16. The van der Waals surface area contributed by atoms with E-state index in [-0.39, 0.29) is 17.2 Å². The van der Waals surface area contributed by atoms with Crippen molar-refractivity contribution in [2.45, 2.75) is 39.5 Å². The van der Waals surface area contributed by atoms with Crippen molar-refractivity contribution in [2.24, 2.45) is 11.3 Å². The number of hydrogen-bond acceptors (Lipinski definition) is 3. The lowest BCUT2D eigenvalue weighted by molar-refractivity contribution is -0.153. The van der Waals surface area contributed by atoms with Crippen LogP contribution in [0.5, 0.6) is 0 Å². The second kappa shape index (κ2) is 5.30. The first-order chi connectivity index (χ1) is 7.43. The Labute approximate surface area is 95.1 Å². The fourth-order valence-electron chi connectivity index (χ4n) is 2.22. The van der Waals surface area contributed by atoms with Crippen LogP contribution >= 0.6 is 0 Å². The van der Waals surface area contributed by atoms with E-state index in [9.17, 15) is 9.59 Å². The smallest absolute Gasteiger partial charge is 0.332 e. The molecule has 1 saturated carbocycles. The van der Waals surface area contributed by atoms with Gasteiger partial charge in [0, 0.05) is 5.92 Å². The number of hydroxylamine groups is 1. The third-order valence-corrected chi connectivity index (χ3v) is 3.19. The molecule has 5 nitrogen and oxygen atoms in total. The fraction of sp³-hybridized carbons (Fsp3) is 0.818. The monoisotopic (exact) mass is 229 g/mol. The van der Waals surface area contributed by atoms with Gasteiger partial charge in [0.1, 0.15) is 0 Å². The first kappa shape index (κ1) is 13.0. The quantitative estimate of drug-likeness (QED) is 0.713. The van der Waals surface area contributed by atoms with Crippen molar-refractivity contribution in [3.63, 3.8) is 0 Å². The summed E-state index contributed by atoms with van der Waals surface area (Å²) in [5.74, 6) is -1.39. The summed E-state index contributed by atoms with van der Waals surface area (Å²) in [6.45, 7) is 3.63. The van der Waals surface area contributed by atoms with Crippen molar-refractivity contribution in [2.75, 3.05) is 6.61 Å². The van der Waals surface area contributed by atoms with Gasteiger partial charge in [-0.15, -0.1) is 0 Å². The number of carbonyl (C=O) groups excluding carboxylic acids is 1. The number of rotatable bonds is 4. The Morgan fingerprint density at radius 3 is 2.69 bits per heavy atom. The molecule has 0 saturated heterocycles. The normalized spacial score (nSPS) is 23.8. The first-order valence-corrected chi connectivity index (χ1v) is 5.57. The van der Waals surface area contributed by atoms with Crippen molar-refractivity contribution in [1.29, 1.82) is 0 Å². The lowest BCUT2D eigenvalue weighted by Gasteiger charge is -2.37. The molecular weight excluding hydrogens is 210 g/mol. The molecule has 92 valence electrons. The molecule has 1 rings (SSSR count). The van der Waals surface area contributed by atoms with Crippen molar-refractivity contribution in [3.05, 3.63) is 0 Å². The number of nitrogens with one attached hydrogen (secondary N) is 1. The SMILES string of the molecule is CC1(C)CCCCC1C(=O)NOCC(=O)O. The van der Waals surface area contributed by atoms with Crippen molar-refractivity contribution < 1.29 is 19.5 Å². The predicted octanol–water partition coefficient (Wildman–Crippen LogP) is 1.34. The number of carbonyl (C=O) groups is 2. The average molecular weight is 229 g/mol. The van der Waals surface area contributed by atoms with Crippen LogP contribution in [0.25, 0.3) is 0 Å². The van der Waals surface area contributed by atoms with E-state index in [4.69, 9.17) is 5.11 Å². The molecule has 0 aromatic carbocycles. The van der Waals surface area contributed by atoms with Crippen LogP contribution in [0.1, 0.15) is 39.5 Å². The molecule has 0 spiro atoms. The molecule has 0 bridgehead atoms. The third kappa shape index (κ3) is 3.48. The van der Waals surface area contributed by atoms with E-state index in [0.29, 0.717) is 0 Å². The number of carboxylic acids is 1. The minimum absolute atomic E-state index is 0.0328. The van der Waals surface area contributed by atoms with Crippen LogP contribution in [-0.4, -0.2) is 23.6 Å². The summed E-state index contributed by atoms with van der Waals surface area (Å²) >= 11 is 0. The Morgan fingerprint density at radius 2 is 2.12 bits per heavy atom. The molecule has 16 heavy (non-hydrogen) atoms. The summed E-state index contributed by atoms with van der Waals surface area (Å²) in [7, 11) is 0. The summed E-state index contributed by atoms with van der Waals surface area (Å²) < 4.78 is 0. The first-order valence-electron chi connectivity index (χ1n) is 5.57. The van der Waals surface area contributed by atoms with E-state index < -0.39 is 12.6 Å². The summed E-state index contributed by atoms with van der Waals surface area (Å²) in [6.07, 6.45) is 4.05. The zero-order valence-electron chi connectivity index (χ0n) is 9.78. The van der Waals surface area contributed by atoms with E-state index in [2.05, 4.69) is 24.2 Å². The van der Waals surface area contributed by atoms with E-state index >= 15 is 0 Å². The molecule has 2 N–H and O–H groups in total. The van der Waals surface area contributed by atoms with E-state index in [0.717, 1.165) is 25.7 Å². The Kier molecular flexibility index (Phi) is 4.29. The van der Waals surface area contributed by atoms with Crippen LogP contribution in [-0.2, 0) is 14.4 Å². The Bertz CT molecular complexity index is 275. The van der Waals surface area contributed by atoms with Crippen LogP contribution in [0.2, 0.25) is 0 Å². The maximum Gasteiger partial charge on any atom is 0.332 e. The van der Waals surface area contributed by atoms with Crippen LogP contribution in [0.4, 0.5) is 0 Å². The van der Waals surface area contributed by atoms with Gasteiger partial charge in [0.15, 0.2) is 6.61 Å². The molecule has 1 amide bonds. The minimum atomic E-state index is -1.09. The molecule has 1 atom stereocenters. The van der Waals surface area contributed by atoms with E-state index in [1.165, 1.54) is 0 Å². The van der Waals surface area contributed by atoms with Crippen LogP contribution in [0.3, 0.4) is 0 Å². The number of amides is 1. The van der Waals surface area contributed by atoms with E-state index in [1.54, 1.807) is 0 Å². The van der Waals surface area contributed by atoms with Gasteiger partial charge < -0.3 is 5.11 Å². The predicted molar refractivity (Wildman–Crippen MR) is 57.5 cm³/mol.